The maximum absolute atomic E-state index is 15.5. The van der Waals surface area contributed by atoms with Crippen LogP contribution in [-0.4, -0.2) is 65.0 Å². The minimum absolute atomic E-state index is 0.0633. The van der Waals surface area contributed by atoms with Crippen molar-refractivity contribution >= 4 is 23.5 Å². The maximum atomic E-state index is 15.5. The van der Waals surface area contributed by atoms with E-state index >= 15 is 4.39 Å². The molecule has 12 nitrogen and oxygen atoms in total. The summed E-state index contributed by atoms with van der Waals surface area (Å²) < 4.78 is 19.2. The van der Waals surface area contributed by atoms with Crippen molar-refractivity contribution in [2.75, 3.05) is 13.1 Å². The second-order valence-corrected chi connectivity index (χ2v) is 12.4. The van der Waals surface area contributed by atoms with Gasteiger partial charge in [0.05, 0.1) is 33.6 Å². The van der Waals surface area contributed by atoms with E-state index in [-0.39, 0.29) is 39.5 Å². The van der Waals surface area contributed by atoms with E-state index in [0.717, 1.165) is 49.9 Å². The fraction of sp³-hybridized carbons (Fsp3) is 0.303. The van der Waals surface area contributed by atoms with E-state index in [1.54, 1.807) is 41.2 Å². The summed E-state index contributed by atoms with van der Waals surface area (Å²) in [5.74, 6) is -1.60. The molecule has 5 aromatic rings. The number of hydrogen-bond donors (Lipinski definition) is 1. The van der Waals surface area contributed by atoms with Gasteiger partial charge in [0.15, 0.2) is 12.0 Å². The Morgan fingerprint density at radius 3 is 2.51 bits per heavy atom. The first kappa shape index (κ1) is 30.5. The molecule has 1 saturated heterocycles. The molecule has 14 heteroatoms. The van der Waals surface area contributed by atoms with Crippen molar-refractivity contribution in [3.8, 4) is 27.9 Å². The average Bonchev–Trinajstić information content (AvgIpc) is 3.41. The lowest BCUT2D eigenvalue weighted by atomic mass is 10.0. The molecule has 240 valence electrons. The van der Waals surface area contributed by atoms with Gasteiger partial charge in [0.25, 0.3) is 0 Å². The highest BCUT2D eigenvalue weighted by molar-refractivity contribution is 6.31. The molecular formula is C33H30ClFN8O4. The molecule has 1 aliphatic carbocycles. The highest BCUT2D eigenvalue weighted by atomic mass is 35.5. The lowest BCUT2D eigenvalue weighted by Gasteiger charge is -2.27. The fourth-order valence-corrected chi connectivity index (χ4v) is 6.61. The van der Waals surface area contributed by atoms with Crippen LogP contribution in [0.15, 0.2) is 73.4 Å². The Bertz CT molecular complexity index is 1940. The molecule has 0 bridgehead atoms. The number of rotatable bonds is 9. The van der Waals surface area contributed by atoms with Crippen LogP contribution < -0.4 is 4.73 Å². The number of likely N-dealkylation sites (tertiary alicyclic amines) is 1. The third kappa shape index (κ3) is 6.06. The maximum Gasteiger partial charge on any atom is 0.335 e. The van der Waals surface area contributed by atoms with Crippen molar-refractivity contribution in [2.45, 2.75) is 38.1 Å². The summed E-state index contributed by atoms with van der Waals surface area (Å²) in [5, 5.41) is 38.7. The van der Waals surface area contributed by atoms with Gasteiger partial charge in [0.2, 0.25) is 11.6 Å². The molecule has 2 fully saturated rings. The number of benzene rings is 2. The number of aromatic carboxylic acids is 1. The first-order valence-corrected chi connectivity index (χ1v) is 15.8. The summed E-state index contributed by atoms with van der Waals surface area (Å²) in [6.45, 7) is 1.56. The largest absolute Gasteiger partial charge is 0.618 e. The zero-order valence-electron chi connectivity index (χ0n) is 25.1. The molecule has 1 amide bonds. The Labute approximate surface area is 273 Å². The SMILES string of the molecule is O=C(O)c1ccc(-c2cnn([C@@H](CC3CC3C(=O)N3CCCCC3)c3ccc(-c4c(-n5cnnn5)ccc(Cl)c4F)c[n+]3[O-])c2)cc1. The number of piperidine rings is 1. The van der Waals surface area contributed by atoms with E-state index in [0.29, 0.717) is 22.5 Å². The predicted molar refractivity (Wildman–Crippen MR) is 168 cm³/mol. The van der Waals surface area contributed by atoms with Gasteiger partial charge in [-0.05, 0) is 84.3 Å². The minimum Gasteiger partial charge on any atom is -0.618 e. The average molecular weight is 657 g/mol. The van der Waals surface area contributed by atoms with Crippen molar-refractivity contribution < 1.29 is 23.8 Å². The second-order valence-electron chi connectivity index (χ2n) is 12.0. The molecule has 0 spiro atoms. The van der Waals surface area contributed by atoms with Crippen LogP contribution in [0.1, 0.15) is 54.2 Å². The highest BCUT2D eigenvalue weighted by Crippen LogP contribution is 2.47. The van der Waals surface area contributed by atoms with E-state index in [4.69, 9.17) is 11.6 Å². The number of carbonyl (C=O) groups is 2. The Morgan fingerprint density at radius 1 is 1.04 bits per heavy atom. The molecule has 2 aliphatic rings. The number of halogens is 2. The third-order valence-corrected chi connectivity index (χ3v) is 9.35. The van der Waals surface area contributed by atoms with Crippen LogP contribution in [-0.2, 0) is 4.79 Å². The van der Waals surface area contributed by atoms with E-state index in [9.17, 15) is 19.9 Å². The van der Waals surface area contributed by atoms with E-state index in [1.165, 1.54) is 35.4 Å². The number of pyridine rings is 1. The lowest BCUT2D eigenvalue weighted by Crippen LogP contribution is -2.37. The monoisotopic (exact) mass is 656 g/mol. The number of amides is 1. The molecule has 0 radical (unpaired) electrons. The summed E-state index contributed by atoms with van der Waals surface area (Å²) in [6.07, 6.45) is 10.5. The Morgan fingerprint density at radius 2 is 1.81 bits per heavy atom. The van der Waals surface area contributed by atoms with Crippen molar-refractivity contribution in [1.29, 1.82) is 0 Å². The van der Waals surface area contributed by atoms with Gasteiger partial charge in [-0.3, -0.25) is 9.48 Å². The number of hydrogen-bond acceptors (Lipinski definition) is 7. The Kier molecular flexibility index (Phi) is 8.14. The zero-order chi connectivity index (χ0) is 32.7. The lowest BCUT2D eigenvalue weighted by molar-refractivity contribution is -0.615. The Balaban J connectivity index is 1.23. The molecular weight excluding hydrogens is 627 g/mol. The Hall–Kier alpha value is -5.17. The predicted octanol–water partition coefficient (Wildman–Crippen LogP) is 4.95. The van der Waals surface area contributed by atoms with Gasteiger partial charge < -0.3 is 15.2 Å². The number of carboxylic acid groups (broad SMARTS) is 1. The summed E-state index contributed by atoms with van der Waals surface area (Å²) >= 11 is 6.14. The number of tetrazole rings is 1. The normalized spacial score (nSPS) is 18.2. The van der Waals surface area contributed by atoms with Gasteiger partial charge in [-0.25, -0.2) is 9.18 Å². The first-order valence-electron chi connectivity index (χ1n) is 15.4. The van der Waals surface area contributed by atoms with Gasteiger partial charge in [0.1, 0.15) is 12.4 Å². The molecule has 2 unspecified atom stereocenters. The van der Waals surface area contributed by atoms with E-state index in [2.05, 4.69) is 20.6 Å². The van der Waals surface area contributed by atoms with Gasteiger partial charge in [-0.15, -0.1) is 5.10 Å². The summed E-state index contributed by atoms with van der Waals surface area (Å²) in [4.78, 5) is 26.6. The quantitative estimate of drug-likeness (QED) is 0.173. The molecule has 4 heterocycles. The number of carboxylic acids is 1. The van der Waals surface area contributed by atoms with Crippen LogP contribution in [0.25, 0.3) is 27.9 Å². The van der Waals surface area contributed by atoms with Crippen LogP contribution in [0.3, 0.4) is 0 Å². The van der Waals surface area contributed by atoms with Crippen molar-refractivity contribution in [1.82, 2.24) is 34.9 Å². The van der Waals surface area contributed by atoms with Gasteiger partial charge >= 0.3 is 5.97 Å². The van der Waals surface area contributed by atoms with Crippen LogP contribution in [0.2, 0.25) is 5.02 Å². The zero-order valence-corrected chi connectivity index (χ0v) is 25.9. The van der Waals surface area contributed by atoms with Crippen LogP contribution in [0.5, 0.6) is 0 Å². The van der Waals surface area contributed by atoms with Crippen LogP contribution in [0, 0.1) is 22.9 Å². The second kappa shape index (κ2) is 12.6. The highest BCUT2D eigenvalue weighted by Gasteiger charge is 2.47. The van der Waals surface area contributed by atoms with Gasteiger partial charge in [-0.2, -0.15) is 14.5 Å². The van der Waals surface area contributed by atoms with E-state index < -0.39 is 17.8 Å². The van der Waals surface area contributed by atoms with E-state index in [1.807, 2.05) is 11.1 Å². The smallest absolute Gasteiger partial charge is 0.335 e. The summed E-state index contributed by atoms with van der Waals surface area (Å²) in [5.41, 5.74) is 2.70. The van der Waals surface area contributed by atoms with Gasteiger partial charge in [-0.1, -0.05) is 23.7 Å². The van der Waals surface area contributed by atoms with Crippen molar-refractivity contribution in [3.63, 3.8) is 0 Å². The molecule has 7 rings (SSSR count). The molecule has 3 atom stereocenters. The molecule has 47 heavy (non-hydrogen) atoms. The van der Waals surface area contributed by atoms with Gasteiger partial charge in [0, 0.05) is 36.8 Å². The molecule has 3 aromatic heterocycles. The third-order valence-electron chi connectivity index (χ3n) is 9.06. The molecule has 1 aliphatic heterocycles. The standard InChI is InChI=1S/C33H30ClFN8O4/c34-26-9-11-28(42-19-36-38-39-42)30(31(26)35)22-8-10-27(43(47)18-22)29(15-23-14-25(23)32(44)40-12-2-1-3-13-40)41-17-24(16-37-41)20-4-6-21(7-5-20)33(45)46/h4-11,16-19,23,25,29H,1-3,12-15H2,(H,45,46)/t23?,25?,29-/m0/s1. The number of nitrogens with zero attached hydrogens (tertiary/aromatic N) is 8. The van der Waals surface area contributed by atoms with Crippen LogP contribution in [0.4, 0.5) is 4.39 Å². The molecule has 1 saturated carbocycles. The summed E-state index contributed by atoms with van der Waals surface area (Å²) in [7, 11) is 0. The topological polar surface area (TPSA) is 146 Å². The number of carbonyl (C=O) groups excluding carboxylic acids is 1. The molecule has 1 N–H and O–H groups in total. The summed E-state index contributed by atoms with van der Waals surface area (Å²) in [6, 6.07) is 12.2. The first-order chi connectivity index (χ1) is 22.8. The van der Waals surface area contributed by atoms with Crippen molar-refractivity contribution in [2.24, 2.45) is 11.8 Å². The fourth-order valence-electron chi connectivity index (χ4n) is 6.45. The number of aromatic nitrogens is 7. The van der Waals surface area contributed by atoms with Crippen molar-refractivity contribution in [3.05, 3.63) is 101 Å². The van der Waals surface area contributed by atoms with Crippen LogP contribution >= 0.6 is 11.6 Å². The molecule has 2 aromatic carbocycles. The minimum atomic E-state index is -1.02.